The third kappa shape index (κ3) is 2.34. The van der Waals surface area contributed by atoms with Crippen LogP contribution < -0.4 is 0 Å². The maximum Gasteiger partial charge on any atom is 0.159 e. The molecule has 106 valence electrons. The first-order chi connectivity index (χ1) is 9.69. The Balaban J connectivity index is 1.98. The Morgan fingerprint density at radius 3 is 2.90 bits per heavy atom. The highest BCUT2D eigenvalue weighted by molar-refractivity contribution is 5.50. The van der Waals surface area contributed by atoms with E-state index in [1.807, 2.05) is 37.5 Å². The quantitative estimate of drug-likeness (QED) is 0.854. The molecular weight excluding hydrogens is 252 g/mol. The van der Waals surface area contributed by atoms with Crippen molar-refractivity contribution in [3.8, 4) is 11.5 Å². The first kappa shape index (κ1) is 13.3. The summed E-state index contributed by atoms with van der Waals surface area (Å²) in [4.78, 5) is 11.4. The van der Waals surface area contributed by atoms with E-state index in [1.165, 1.54) is 0 Å². The van der Waals surface area contributed by atoms with Gasteiger partial charge in [-0.05, 0) is 26.1 Å². The highest BCUT2D eigenvalue weighted by atomic mass is 16.5. The van der Waals surface area contributed by atoms with Crippen LogP contribution in [0.25, 0.3) is 11.5 Å². The molecule has 0 spiro atoms. The zero-order valence-electron chi connectivity index (χ0n) is 12.2. The van der Waals surface area contributed by atoms with Crippen LogP contribution in [0.4, 0.5) is 0 Å². The zero-order valence-corrected chi connectivity index (χ0v) is 12.2. The van der Waals surface area contributed by atoms with Gasteiger partial charge in [0.2, 0.25) is 0 Å². The molecule has 0 amide bonds. The SMILES string of the molecule is CO[C@@H]1CN(C)C[C@H]1n1ccnc1-c1cccc(C)n1. The summed E-state index contributed by atoms with van der Waals surface area (Å²) in [5.41, 5.74) is 1.92. The van der Waals surface area contributed by atoms with E-state index >= 15 is 0 Å². The van der Waals surface area contributed by atoms with Crippen molar-refractivity contribution in [2.75, 3.05) is 27.2 Å². The lowest BCUT2D eigenvalue weighted by molar-refractivity contribution is 0.0832. The Morgan fingerprint density at radius 2 is 2.15 bits per heavy atom. The number of nitrogens with zero attached hydrogens (tertiary/aromatic N) is 4. The van der Waals surface area contributed by atoms with Crippen LogP contribution in [0.3, 0.4) is 0 Å². The van der Waals surface area contributed by atoms with Gasteiger partial charge in [-0.25, -0.2) is 9.97 Å². The molecule has 1 aliphatic rings. The lowest BCUT2D eigenvalue weighted by Gasteiger charge is -2.20. The molecule has 2 atom stereocenters. The molecule has 3 heterocycles. The van der Waals surface area contributed by atoms with Crippen LogP contribution in [0.1, 0.15) is 11.7 Å². The Kier molecular flexibility index (Phi) is 3.54. The third-order valence-corrected chi connectivity index (χ3v) is 3.87. The highest BCUT2D eigenvalue weighted by Gasteiger charge is 2.33. The van der Waals surface area contributed by atoms with Gasteiger partial charge >= 0.3 is 0 Å². The molecule has 5 nitrogen and oxygen atoms in total. The van der Waals surface area contributed by atoms with E-state index in [9.17, 15) is 0 Å². The lowest BCUT2D eigenvalue weighted by Crippen LogP contribution is -2.24. The summed E-state index contributed by atoms with van der Waals surface area (Å²) in [6.45, 7) is 3.91. The van der Waals surface area contributed by atoms with Crippen LogP contribution in [0.2, 0.25) is 0 Å². The normalized spacial score (nSPS) is 23.4. The van der Waals surface area contributed by atoms with Gasteiger partial charge in [-0.3, -0.25) is 0 Å². The van der Waals surface area contributed by atoms with Gasteiger partial charge in [0.05, 0.1) is 12.1 Å². The van der Waals surface area contributed by atoms with Crippen molar-refractivity contribution in [3.63, 3.8) is 0 Å². The second kappa shape index (κ2) is 5.34. The van der Waals surface area contributed by atoms with Crippen molar-refractivity contribution in [2.24, 2.45) is 0 Å². The van der Waals surface area contributed by atoms with Gasteiger partial charge < -0.3 is 14.2 Å². The third-order valence-electron chi connectivity index (χ3n) is 3.87. The predicted molar refractivity (Wildman–Crippen MR) is 77.5 cm³/mol. The van der Waals surface area contributed by atoms with Gasteiger partial charge in [0.1, 0.15) is 5.69 Å². The molecule has 2 aromatic heterocycles. The number of imidazole rings is 1. The number of ether oxygens (including phenoxy) is 1. The summed E-state index contributed by atoms with van der Waals surface area (Å²) >= 11 is 0. The molecule has 0 saturated carbocycles. The Bertz CT molecular complexity index is 595. The van der Waals surface area contributed by atoms with Crippen LogP contribution in [0, 0.1) is 6.92 Å². The van der Waals surface area contributed by atoms with E-state index in [0.29, 0.717) is 0 Å². The van der Waals surface area contributed by atoms with Gasteiger partial charge in [0.25, 0.3) is 0 Å². The zero-order chi connectivity index (χ0) is 14.1. The highest BCUT2D eigenvalue weighted by Crippen LogP contribution is 2.28. The van der Waals surface area contributed by atoms with Crippen LogP contribution in [0.15, 0.2) is 30.6 Å². The molecule has 0 aromatic carbocycles. The molecule has 0 aliphatic carbocycles. The fourth-order valence-corrected chi connectivity index (χ4v) is 2.89. The first-order valence-corrected chi connectivity index (χ1v) is 6.87. The molecule has 1 aliphatic heterocycles. The summed E-state index contributed by atoms with van der Waals surface area (Å²) in [7, 11) is 3.89. The number of methoxy groups -OCH3 is 1. The number of pyridine rings is 1. The smallest absolute Gasteiger partial charge is 0.159 e. The number of rotatable bonds is 3. The number of aryl methyl sites for hydroxylation is 1. The molecule has 0 unspecified atom stereocenters. The largest absolute Gasteiger partial charge is 0.378 e. The molecule has 2 aromatic rings. The van der Waals surface area contributed by atoms with Crippen LogP contribution in [0.5, 0.6) is 0 Å². The average molecular weight is 272 g/mol. The molecule has 0 radical (unpaired) electrons. The predicted octanol–water partition coefficient (Wildman–Crippen LogP) is 1.76. The van der Waals surface area contributed by atoms with E-state index in [-0.39, 0.29) is 12.1 Å². The Labute approximate surface area is 119 Å². The maximum atomic E-state index is 5.62. The fraction of sp³-hybridized carbons (Fsp3) is 0.467. The number of aromatic nitrogens is 3. The summed E-state index contributed by atoms with van der Waals surface area (Å²) in [5.74, 6) is 0.913. The van der Waals surface area contributed by atoms with E-state index in [1.54, 1.807) is 7.11 Å². The molecule has 5 heteroatoms. The average Bonchev–Trinajstić information content (AvgIpc) is 3.04. The van der Waals surface area contributed by atoms with Gasteiger partial charge in [0.15, 0.2) is 5.82 Å². The summed E-state index contributed by atoms with van der Waals surface area (Å²) in [6.07, 6.45) is 4.05. The van der Waals surface area contributed by atoms with Gasteiger partial charge in [-0.1, -0.05) is 6.07 Å². The van der Waals surface area contributed by atoms with Crippen molar-refractivity contribution in [1.82, 2.24) is 19.4 Å². The van der Waals surface area contributed by atoms with Crippen LogP contribution in [-0.4, -0.2) is 52.8 Å². The Hall–Kier alpha value is -1.72. The van der Waals surface area contributed by atoms with E-state index in [4.69, 9.17) is 4.74 Å². The molecule has 1 saturated heterocycles. The summed E-state index contributed by atoms with van der Waals surface area (Å²) in [6, 6.07) is 6.31. The second-order valence-electron chi connectivity index (χ2n) is 5.39. The van der Waals surface area contributed by atoms with E-state index < -0.39 is 0 Å². The number of likely N-dealkylation sites (tertiary alicyclic amines) is 1. The molecule has 3 rings (SSSR count). The minimum atomic E-state index is 0.192. The van der Waals surface area contributed by atoms with E-state index in [2.05, 4.69) is 26.5 Å². The molecule has 0 N–H and O–H groups in total. The molecule has 0 bridgehead atoms. The van der Waals surface area contributed by atoms with Crippen molar-refractivity contribution >= 4 is 0 Å². The maximum absolute atomic E-state index is 5.62. The van der Waals surface area contributed by atoms with E-state index in [0.717, 1.165) is 30.3 Å². The van der Waals surface area contributed by atoms with Gasteiger partial charge in [-0.2, -0.15) is 0 Å². The molecule has 20 heavy (non-hydrogen) atoms. The van der Waals surface area contributed by atoms with Gasteiger partial charge in [-0.15, -0.1) is 0 Å². The first-order valence-electron chi connectivity index (χ1n) is 6.87. The minimum Gasteiger partial charge on any atom is -0.378 e. The number of hydrogen-bond acceptors (Lipinski definition) is 4. The Morgan fingerprint density at radius 1 is 1.30 bits per heavy atom. The lowest BCUT2D eigenvalue weighted by atomic mass is 10.2. The van der Waals surface area contributed by atoms with Crippen molar-refractivity contribution in [3.05, 3.63) is 36.3 Å². The van der Waals surface area contributed by atoms with Crippen molar-refractivity contribution in [2.45, 2.75) is 19.1 Å². The summed E-state index contributed by atoms with van der Waals surface area (Å²) in [5, 5.41) is 0. The second-order valence-corrected chi connectivity index (χ2v) is 5.39. The fourth-order valence-electron chi connectivity index (χ4n) is 2.89. The topological polar surface area (TPSA) is 43.2 Å². The van der Waals surface area contributed by atoms with Crippen LogP contribution in [-0.2, 0) is 4.74 Å². The molecule has 1 fully saturated rings. The monoisotopic (exact) mass is 272 g/mol. The number of hydrogen-bond donors (Lipinski definition) is 0. The van der Waals surface area contributed by atoms with Crippen molar-refractivity contribution < 1.29 is 4.74 Å². The minimum absolute atomic E-state index is 0.192. The van der Waals surface area contributed by atoms with Crippen molar-refractivity contribution in [1.29, 1.82) is 0 Å². The van der Waals surface area contributed by atoms with Gasteiger partial charge in [0, 0.05) is 38.3 Å². The number of likely N-dealkylation sites (N-methyl/N-ethyl adjacent to an activating group) is 1. The van der Waals surface area contributed by atoms with Crippen LogP contribution >= 0.6 is 0 Å². The standard InChI is InChI=1S/C15H20N4O/c1-11-5-4-6-12(17-11)15-16-7-8-19(15)13-9-18(2)10-14(13)20-3/h4-8,13-14H,9-10H2,1-3H3/t13-,14-/m1/s1. The molecular formula is C15H20N4O. The summed E-state index contributed by atoms with van der Waals surface area (Å²) < 4.78 is 7.82.